The lowest BCUT2D eigenvalue weighted by molar-refractivity contribution is -0.160. The summed E-state index contributed by atoms with van der Waals surface area (Å²) in [5, 5.41) is 16.7. The van der Waals surface area contributed by atoms with Crippen LogP contribution in [0.25, 0.3) is 0 Å². The fourth-order valence-electron chi connectivity index (χ4n) is 4.38. The van der Waals surface area contributed by atoms with Crippen molar-refractivity contribution >= 4 is 45.2 Å². The highest BCUT2D eigenvalue weighted by Crippen LogP contribution is 2.42. The van der Waals surface area contributed by atoms with Gasteiger partial charge in [-0.2, -0.15) is 0 Å². The van der Waals surface area contributed by atoms with E-state index in [0.717, 1.165) is 6.07 Å². The van der Waals surface area contributed by atoms with Gasteiger partial charge in [-0.25, -0.2) is 13.8 Å². The third kappa shape index (κ3) is 4.15. The molecule has 174 valence electrons. The molecule has 6 nitrogen and oxygen atoms in total. The normalized spacial score (nSPS) is 20.9. The fraction of sp³-hybridized carbons (Fsp3) is 0.304. The van der Waals surface area contributed by atoms with E-state index in [2.05, 4.69) is 21.2 Å². The highest BCUT2D eigenvalue weighted by Gasteiger charge is 2.52. The van der Waals surface area contributed by atoms with Crippen LogP contribution in [0.4, 0.5) is 14.5 Å². The standard InChI is InChI=1S/C23H22BrF2N3O3S/c1-23-9-4-10-29(23)28(12-13-5-3-6-16(25)19(13)33-2)22(32)18(20(23)30)21(31)27-14-7-8-15(24)17(26)11-14/h3,5-8,11,30H,4,9-10,12H2,1-2H3,(H,27,31). The molecule has 0 radical (unpaired) electrons. The molecule has 2 aliphatic heterocycles. The maximum absolute atomic E-state index is 14.3. The van der Waals surface area contributed by atoms with Crippen LogP contribution in [0.1, 0.15) is 25.3 Å². The molecule has 0 bridgehead atoms. The summed E-state index contributed by atoms with van der Waals surface area (Å²) in [7, 11) is 0. The van der Waals surface area contributed by atoms with Gasteiger partial charge >= 0.3 is 0 Å². The molecule has 1 unspecified atom stereocenters. The lowest BCUT2D eigenvalue weighted by atomic mass is 9.90. The topological polar surface area (TPSA) is 72.9 Å². The van der Waals surface area contributed by atoms with E-state index in [9.17, 15) is 23.5 Å². The number of benzene rings is 2. The molecule has 2 N–H and O–H groups in total. The first-order valence-corrected chi connectivity index (χ1v) is 12.3. The average Bonchev–Trinajstić information content (AvgIpc) is 3.17. The van der Waals surface area contributed by atoms with Crippen molar-refractivity contribution in [3.63, 3.8) is 0 Å². The second-order valence-corrected chi connectivity index (χ2v) is 9.77. The highest BCUT2D eigenvalue weighted by molar-refractivity contribution is 9.10. The van der Waals surface area contributed by atoms with Gasteiger partial charge in [0, 0.05) is 17.1 Å². The van der Waals surface area contributed by atoms with E-state index >= 15 is 0 Å². The van der Waals surface area contributed by atoms with Crippen LogP contribution in [-0.4, -0.2) is 45.3 Å². The number of amides is 2. The molecule has 2 aromatic rings. The fourth-order valence-corrected chi connectivity index (χ4v) is 5.29. The Hall–Kier alpha value is -2.43. The summed E-state index contributed by atoms with van der Waals surface area (Å²) < 4.78 is 28.5. The third-order valence-corrected chi connectivity index (χ3v) is 7.58. The number of aliphatic hydroxyl groups is 1. The van der Waals surface area contributed by atoms with Crippen LogP contribution in [0.3, 0.4) is 0 Å². The van der Waals surface area contributed by atoms with E-state index in [1.165, 1.54) is 35.0 Å². The molecule has 0 saturated carbocycles. The van der Waals surface area contributed by atoms with Gasteiger partial charge in [0.1, 0.15) is 23.0 Å². The zero-order valence-corrected chi connectivity index (χ0v) is 20.4. The van der Waals surface area contributed by atoms with Gasteiger partial charge in [0.15, 0.2) is 0 Å². The smallest absolute Gasteiger partial charge is 0.277 e. The number of carbonyl (C=O) groups is 2. The van der Waals surface area contributed by atoms with Gasteiger partial charge in [0.2, 0.25) is 0 Å². The van der Waals surface area contributed by atoms with Crippen molar-refractivity contribution in [1.82, 2.24) is 10.0 Å². The van der Waals surface area contributed by atoms with Gasteiger partial charge in [0.05, 0.1) is 16.6 Å². The van der Waals surface area contributed by atoms with E-state index in [1.807, 2.05) is 0 Å². The number of nitrogens with zero attached hydrogens (tertiary/aromatic N) is 2. The molecular weight excluding hydrogens is 516 g/mol. The van der Waals surface area contributed by atoms with Crippen molar-refractivity contribution in [2.45, 2.75) is 36.7 Å². The minimum Gasteiger partial charge on any atom is -0.509 e. The second kappa shape index (κ2) is 9.08. The molecule has 1 saturated heterocycles. The van der Waals surface area contributed by atoms with E-state index in [4.69, 9.17) is 0 Å². The minimum atomic E-state index is -0.960. The van der Waals surface area contributed by atoms with E-state index in [0.29, 0.717) is 29.8 Å². The van der Waals surface area contributed by atoms with Gasteiger partial charge in [-0.15, -0.1) is 11.8 Å². The average molecular weight is 538 g/mol. The first kappa shape index (κ1) is 23.7. The second-order valence-electron chi connectivity index (χ2n) is 8.10. The zero-order chi connectivity index (χ0) is 23.9. The van der Waals surface area contributed by atoms with Crippen molar-refractivity contribution in [1.29, 1.82) is 0 Å². The molecule has 33 heavy (non-hydrogen) atoms. The van der Waals surface area contributed by atoms with Crippen LogP contribution in [-0.2, 0) is 16.1 Å². The number of hydrazine groups is 1. The Bertz CT molecular complexity index is 1180. The Morgan fingerprint density at radius 3 is 2.73 bits per heavy atom. The minimum absolute atomic E-state index is 0.0410. The molecule has 4 rings (SSSR count). The zero-order valence-electron chi connectivity index (χ0n) is 18.0. The Balaban J connectivity index is 1.71. The number of hydrogen-bond donors (Lipinski definition) is 2. The predicted octanol–water partition coefficient (Wildman–Crippen LogP) is 5.01. The van der Waals surface area contributed by atoms with Crippen molar-refractivity contribution in [2.24, 2.45) is 0 Å². The third-order valence-electron chi connectivity index (χ3n) is 6.07. The molecule has 0 aliphatic carbocycles. The monoisotopic (exact) mass is 537 g/mol. The van der Waals surface area contributed by atoms with Crippen molar-refractivity contribution in [2.75, 3.05) is 18.1 Å². The highest BCUT2D eigenvalue weighted by atomic mass is 79.9. The molecule has 1 fully saturated rings. The van der Waals surface area contributed by atoms with Gasteiger partial charge in [-0.05, 0) is 71.8 Å². The summed E-state index contributed by atoms with van der Waals surface area (Å²) in [6, 6.07) is 8.70. The summed E-state index contributed by atoms with van der Waals surface area (Å²) >= 11 is 4.29. The molecule has 2 aromatic carbocycles. The molecule has 2 heterocycles. The number of carbonyl (C=O) groups excluding carboxylic acids is 2. The first-order valence-electron chi connectivity index (χ1n) is 10.3. The number of thioether (sulfide) groups is 1. The molecule has 2 aliphatic rings. The maximum atomic E-state index is 14.3. The van der Waals surface area contributed by atoms with Crippen molar-refractivity contribution in [3.05, 3.63) is 69.4 Å². The van der Waals surface area contributed by atoms with Gasteiger partial charge in [0.25, 0.3) is 11.8 Å². The number of halogens is 3. The summed E-state index contributed by atoms with van der Waals surface area (Å²) in [6.07, 6.45) is 2.99. The van der Waals surface area contributed by atoms with Crippen LogP contribution in [0, 0.1) is 11.6 Å². The summed E-state index contributed by atoms with van der Waals surface area (Å²) in [4.78, 5) is 27.0. The Morgan fingerprint density at radius 1 is 1.27 bits per heavy atom. The van der Waals surface area contributed by atoms with Gasteiger partial charge in [-0.1, -0.05) is 12.1 Å². The van der Waals surface area contributed by atoms with Crippen molar-refractivity contribution in [3.8, 4) is 0 Å². The van der Waals surface area contributed by atoms with Crippen molar-refractivity contribution < 1.29 is 23.5 Å². The largest absolute Gasteiger partial charge is 0.509 e. The molecule has 2 amide bonds. The number of anilines is 1. The number of fused-ring (bicyclic) bond motifs is 1. The maximum Gasteiger partial charge on any atom is 0.277 e. The number of nitrogens with one attached hydrogen (secondary N) is 1. The van der Waals surface area contributed by atoms with Crippen LogP contribution in [0.15, 0.2) is 57.1 Å². The first-order chi connectivity index (χ1) is 15.7. The van der Waals surface area contributed by atoms with E-state index in [1.54, 1.807) is 30.3 Å². The molecule has 0 aromatic heterocycles. The molecule has 1 atom stereocenters. The quantitative estimate of drug-likeness (QED) is 0.414. The van der Waals surface area contributed by atoms with Crippen LogP contribution < -0.4 is 5.32 Å². The van der Waals surface area contributed by atoms with Crippen LogP contribution in [0.5, 0.6) is 0 Å². The Labute approximate surface area is 202 Å². The number of aliphatic hydroxyl groups excluding tert-OH is 1. The SMILES string of the molecule is CSc1c(F)cccc1CN1C(=O)C(C(=O)Nc2ccc(Br)c(F)c2)=C(O)C2(C)CCCN12. The van der Waals surface area contributed by atoms with Crippen LogP contribution in [0.2, 0.25) is 0 Å². The van der Waals surface area contributed by atoms with Crippen LogP contribution >= 0.6 is 27.7 Å². The van der Waals surface area contributed by atoms with Gasteiger partial charge in [-0.3, -0.25) is 14.6 Å². The Kier molecular flexibility index (Phi) is 6.52. The van der Waals surface area contributed by atoms with E-state index < -0.39 is 28.7 Å². The lowest BCUT2D eigenvalue weighted by Gasteiger charge is -2.46. The van der Waals surface area contributed by atoms with E-state index in [-0.39, 0.29) is 28.3 Å². The lowest BCUT2D eigenvalue weighted by Crippen LogP contribution is -2.60. The molecule has 10 heteroatoms. The predicted molar refractivity (Wildman–Crippen MR) is 125 cm³/mol. The summed E-state index contributed by atoms with van der Waals surface area (Å²) in [6.45, 7) is 2.31. The molecular formula is C23H22BrF2N3O3S. The van der Waals surface area contributed by atoms with Gasteiger partial charge < -0.3 is 10.4 Å². The number of rotatable bonds is 5. The Morgan fingerprint density at radius 2 is 2.03 bits per heavy atom. The molecule has 0 spiro atoms. The number of hydrogen-bond acceptors (Lipinski definition) is 5. The summed E-state index contributed by atoms with van der Waals surface area (Å²) in [5.74, 6) is -2.81. The summed E-state index contributed by atoms with van der Waals surface area (Å²) in [5.41, 5.74) is -0.616.